The number of ether oxygens (including phenoxy) is 1. The van der Waals surface area contributed by atoms with Crippen molar-refractivity contribution in [3.8, 4) is 0 Å². The van der Waals surface area contributed by atoms with Crippen molar-refractivity contribution in [2.24, 2.45) is 5.10 Å². The third-order valence-corrected chi connectivity index (χ3v) is 3.24. The Morgan fingerprint density at radius 1 is 1.48 bits per heavy atom. The number of hydrazone groups is 1. The molecule has 1 aromatic carbocycles. The van der Waals surface area contributed by atoms with Crippen molar-refractivity contribution in [3.63, 3.8) is 0 Å². The van der Waals surface area contributed by atoms with Crippen LogP contribution in [-0.2, 0) is 4.74 Å². The molecular formula is C14H21ClN4OS. The summed E-state index contributed by atoms with van der Waals surface area (Å²) in [4.78, 5) is 1.99. The molecule has 0 unspecified atom stereocenters. The summed E-state index contributed by atoms with van der Waals surface area (Å²) in [6.07, 6.45) is 2.53. The van der Waals surface area contributed by atoms with E-state index in [1.54, 1.807) is 13.3 Å². The molecule has 21 heavy (non-hydrogen) atoms. The van der Waals surface area contributed by atoms with Crippen molar-refractivity contribution < 1.29 is 4.74 Å². The first kappa shape index (κ1) is 17.7. The smallest absolute Gasteiger partial charge is 0.186 e. The third-order valence-electron chi connectivity index (χ3n) is 2.68. The SMILES string of the molecule is COCCCNC(=S)N/N=C\c1ccc(N(C)C)cc1Cl. The average Bonchev–Trinajstić information content (AvgIpc) is 2.45. The Labute approximate surface area is 136 Å². The number of hydrogen-bond donors (Lipinski definition) is 2. The highest BCUT2D eigenvalue weighted by atomic mass is 35.5. The van der Waals surface area contributed by atoms with Crippen LogP contribution in [0.1, 0.15) is 12.0 Å². The number of nitrogens with zero attached hydrogens (tertiary/aromatic N) is 2. The summed E-state index contributed by atoms with van der Waals surface area (Å²) < 4.78 is 4.95. The molecular weight excluding hydrogens is 308 g/mol. The maximum Gasteiger partial charge on any atom is 0.186 e. The molecule has 0 aliphatic rings. The monoisotopic (exact) mass is 328 g/mol. The first-order valence-electron chi connectivity index (χ1n) is 6.57. The van der Waals surface area contributed by atoms with Crippen molar-refractivity contribution >= 4 is 40.8 Å². The van der Waals surface area contributed by atoms with E-state index in [9.17, 15) is 0 Å². The van der Waals surface area contributed by atoms with Gasteiger partial charge in [-0.2, -0.15) is 5.10 Å². The number of anilines is 1. The predicted molar refractivity (Wildman–Crippen MR) is 93.6 cm³/mol. The van der Waals surface area contributed by atoms with Crippen LogP contribution in [0.25, 0.3) is 0 Å². The zero-order valence-corrected chi connectivity index (χ0v) is 14.1. The number of hydrogen-bond acceptors (Lipinski definition) is 4. The normalized spacial score (nSPS) is 10.7. The minimum atomic E-state index is 0.475. The Kier molecular flexibility index (Phi) is 8.04. The van der Waals surface area contributed by atoms with Crippen LogP contribution in [0.4, 0.5) is 5.69 Å². The fourth-order valence-corrected chi connectivity index (χ4v) is 1.90. The lowest BCUT2D eigenvalue weighted by Crippen LogP contribution is -2.33. The zero-order valence-electron chi connectivity index (χ0n) is 12.5. The number of halogens is 1. The molecule has 0 saturated carbocycles. The third kappa shape index (κ3) is 6.75. The quantitative estimate of drug-likeness (QED) is 0.348. The van der Waals surface area contributed by atoms with Gasteiger partial charge in [0.05, 0.1) is 11.2 Å². The molecule has 0 aliphatic heterocycles. The minimum Gasteiger partial charge on any atom is -0.385 e. The summed E-state index contributed by atoms with van der Waals surface area (Å²) in [5.41, 5.74) is 4.63. The lowest BCUT2D eigenvalue weighted by molar-refractivity contribution is 0.195. The minimum absolute atomic E-state index is 0.475. The van der Waals surface area contributed by atoms with Gasteiger partial charge in [-0.1, -0.05) is 11.6 Å². The van der Waals surface area contributed by atoms with Crippen molar-refractivity contribution in [2.45, 2.75) is 6.42 Å². The van der Waals surface area contributed by atoms with E-state index in [1.807, 2.05) is 37.2 Å². The molecule has 0 radical (unpaired) electrons. The molecule has 7 heteroatoms. The summed E-state index contributed by atoms with van der Waals surface area (Å²) in [5.74, 6) is 0. The maximum atomic E-state index is 6.20. The highest BCUT2D eigenvalue weighted by Gasteiger charge is 2.01. The van der Waals surface area contributed by atoms with Crippen LogP contribution < -0.4 is 15.6 Å². The van der Waals surface area contributed by atoms with Gasteiger partial charge in [-0.3, -0.25) is 5.43 Å². The summed E-state index contributed by atoms with van der Waals surface area (Å²) in [6.45, 7) is 1.44. The molecule has 0 heterocycles. The van der Waals surface area contributed by atoms with Gasteiger partial charge in [0, 0.05) is 45.6 Å². The topological polar surface area (TPSA) is 48.9 Å². The lowest BCUT2D eigenvalue weighted by Gasteiger charge is -2.13. The van der Waals surface area contributed by atoms with E-state index in [1.165, 1.54) is 0 Å². The largest absolute Gasteiger partial charge is 0.385 e. The number of nitrogens with one attached hydrogen (secondary N) is 2. The number of rotatable bonds is 7. The van der Waals surface area contributed by atoms with Gasteiger partial charge in [0.2, 0.25) is 0 Å². The van der Waals surface area contributed by atoms with Crippen LogP contribution in [-0.4, -0.2) is 45.7 Å². The molecule has 5 nitrogen and oxygen atoms in total. The molecule has 1 rings (SSSR count). The Hall–Kier alpha value is -1.37. The molecule has 1 aromatic rings. The maximum absolute atomic E-state index is 6.20. The molecule has 0 aliphatic carbocycles. The molecule has 0 fully saturated rings. The fourth-order valence-electron chi connectivity index (χ4n) is 1.52. The first-order chi connectivity index (χ1) is 10.0. The van der Waals surface area contributed by atoms with E-state index in [0.717, 1.165) is 24.2 Å². The first-order valence-corrected chi connectivity index (χ1v) is 7.36. The fraction of sp³-hybridized carbons (Fsp3) is 0.429. The standard InChI is InChI=1S/C14H21ClN4OS/c1-19(2)12-6-5-11(13(15)9-12)10-17-18-14(21)16-7-4-8-20-3/h5-6,9-10H,4,7-8H2,1-3H3,(H2,16,18,21)/b17-10-. The number of benzene rings is 1. The van der Waals surface area contributed by atoms with E-state index in [2.05, 4.69) is 15.8 Å². The predicted octanol–water partition coefficient (Wildman–Crippen LogP) is 2.24. The zero-order chi connectivity index (χ0) is 15.7. The van der Waals surface area contributed by atoms with Crippen LogP contribution in [0.2, 0.25) is 5.02 Å². The van der Waals surface area contributed by atoms with E-state index < -0.39 is 0 Å². The van der Waals surface area contributed by atoms with Crippen molar-refractivity contribution in [1.82, 2.24) is 10.7 Å². The van der Waals surface area contributed by atoms with Gasteiger partial charge in [0.1, 0.15) is 0 Å². The Morgan fingerprint density at radius 2 is 2.24 bits per heavy atom. The molecule has 0 saturated heterocycles. The van der Waals surface area contributed by atoms with E-state index >= 15 is 0 Å². The van der Waals surface area contributed by atoms with Gasteiger partial charge in [-0.25, -0.2) is 0 Å². The molecule has 0 bridgehead atoms. The highest BCUT2D eigenvalue weighted by Crippen LogP contribution is 2.21. The lowest BCUT2D eigenvalue weighted by atomic mass is 10.2. The number of methoxy groups -OCH3 is 1. The molecule has 2 N–H and O–H groups in total. The second-order valence-electron chi connectivity index (χ2n) is 4.57. The Morgan fingerprint density at radius 3 is 2.86 bits per heavy atom. The molecule has 0 aromatic heterocycles. The summed E-state index contributed by atoms with van der Waals surface area (Å²) >= 11 is 11.3. The van der Waals surface area contributed by atoms with E-state index in [0.29, 0.717) is 16.7 Å². The average molecular weight is 329 g/mol. The molecule has 116 valence electrons. The van der Waals surface area contributed by atoms with Crippen LogP contribution in [0.3, 0.4) is 0 Å². The van der Waals surface area contributed by atoms with E-state index in [-0.39, 0.29) is 0 Å². The summed E-state index contributed by atoms with van der Waals surface area (Å²) in [6, 6.07) is 5.79. The number of thiocarbonyl (C=S) groups is 1. The second kappa shape index (κ2) is 9.55. The van der Waals surface area contributed by atoms with Gasteiger partial charge >= 0.3 is 0 Å². The highest BCUT2D eigenvalue weighted by molar-refractivity contribution is 7.80. The molecule has 0 amide bonds. The van der Waals surface area contributed by atoms with Gasteiger partial charge in [-0.05, 0) is 36.8 Å². The molecule has 0 atom stereocenters. The van der Waals surface area contributed by atoms with Crippen molar-refractivity contribution in [1.29, 1.82) is 0 Å². The van der Waals surface area contributed by atoms with Gasteiger partial charge in [0.15, 0.2) is 5.11 Å². The second-order valence-corrected chi connectivity index (χ2v) is 5.39. The van der Waals surface area contributed by atoms with Crippen molar-refractivity contribution in [2.75, 3.05) is 39.3 Å². The van der Waals surface area contributed by atoms with Crippen LogP contribution in [0.15, 0.2) is 23.3 Å². The van der Waals surface area contributed by atoms with Gasteiger partial charge in [0.25, 0.3) is 0 Å². The Balaban J connectivity index is 2.44. The van der Waals surface area contributed by atoms with Crippen LogP contribution >= 0.6 is 23.8 Å². The van der Waals surface area contributed by atoms with Gasteiger partial charge < -0.3 is 15.0 Å². The summed E-state index contributed by atoms with van der Waals surface area (Å²) in [7, 11) is 5.61. The Bertz CT molecular complexity index is 494. The van der Waals surface area contributed by atoms with Gasteiger partial charge in [-0.15, -0.1) is 0 Å². The van der Waals surface area contributed by atoms with Crippen LogP contribution in [0.5, 0.6) is 0 Å². The van der Waals surface area contributed by atoms with Crippen molar-refractivity contribution in [3.05, 3.63) is 28.8 Å². The summed E-state index contributed by atoms with van der Waals surface area (Å²) in [5, 5.41) is 8.22. The van der Waals surface area contributed by atoms with Crippen LogP contribution in [0, 0.1) is 0 Å². The molecule has 0 spiro atoms. The van der Waals surface area contributed by atoms with E-state index in [4.69, 9.17) is 28.6 Å².